The molecule has 5 nitrogen and oxygen atoms in total. The molecule has 0 bridgehead atoms. The van der Waals surface area contributed by atoms with Crippen molar-refractivity contribution in [3.05, 3.63) is 5.82 Å². The fraction of sp³-hybridized carbons (Fsp3) is 0.895. The van der Waals surface area contributed by atoms with E-state index in [1.807, 2.05) is 0 Å². The van der Waals surface area contributed by atoms with Gasteiger partial charge in [0.25, 0.3) is 5.95 Å². The third-order valence-corrected chi connectivity index (χ3v) is 4.73. The number of aromatic nitrogens is 3. The van der Waals surface area contributed by atoms with Crippen molar-refractivity contribution in [2.75, 3.05) is 5.73 Å². The lowest BCUT2D eigenvalue weighted by atomic mass is 10.0. The average Bonchev–Trinajstić information content (AvgIpc) is 2.90. The molecule has 0 spiro atoms. The van der Waals surface area contributed by atoms with E-state index >= 15 is 0 Å². The van der Waals surface area contributed by atoms with Crippen LogP contribution in [0.5, 0.6) is 0 Å². The first-order valence-corrected chi connectivity index (χ1v) is 10.1. The van der Waals surface area contributed by atoms with Crippen molar-refractivity contribution in [2.24, 2.45) is 0 Å². The second-order valence-electron chi connectivity index (χ2n) is 6.99. The first-order valence-electron chi connectivity index (χ1n) is 10.1. The van der Waals surface area contributed by atoms with E-state index in [1.165, 1.54) is 89.9 Å². The largest absolute Gasteiger partial charge is 0.424 e. The predicted molar refractivity (Wildman–Crippen MR) is 100 cm³/mol. The number of rotatable bonds is 16. The van der Waals surface area contributed by atoms with Gasteiger partial charge in [-0.15, -0.1) is 14.9 Å². The lowest BCUT2D eigenvalue weighted by Crippen LogP contribution is -2.03. The highest BCUT2D eigenvalue weighted by molar-refractivity contribution is 5.14. The van der Waals surface area contributed by atoms with Crippen LogP contribution < -0.4 is 5.73 Å². The number of nitrogen functional groups attached to an aromatic ring is 1. The van der Waals surface area contributed by atoms with Crippen LogP contribution in [0.25, 0.3) is 0 Å². The smallest absolute Gasteiger partial charge is 0.255 e. The predicted octanol–water partition coefficient (Wildman–Crippen LogP) is 5.51. The quantitative estimate of drug-likeness (QED) is 0.308. The van der Waals surface area contributed by atoms with Crippen LogP contribution in [0.1, 0.15) is 109 Å². The van der Waals surface area contributed by atoms with Gasteiger partial charge in [0.2, 0.25) is 0 Å². The van der Waals surface area contributed by atoms with Crippen LogP contribution in [0, 0.1) is 0 Å². The van der Waals surface area contributed by atoms with E-state index < -0.39 is 0 Å². The molecule has 0 amide bonds. The molecule has 0 fully saturated rings. The molecule has 1 aromatic heterocycles. The van der Waals surface area contributed by atoms with Crippen LogP contribution in [0.15, 0.2) is 0 Å². The Morgan fingerprint density at radius 2 is 1.12 bits per heavy atom. The molecule has 0 aliphatic rings. The zero-order valence-corrected chi connectivity index (χ0v) is 15.7. The Kier molecular flexibility index (Phi) is 12.2. The molecule has 1 heterocycles. The Morgan fingerprint density at radius 3 is 1.50 bits per heavy atom. The van der Waals surface area contributed by atoms with Gasteiger partial charge in [0.15, 0.2) is 5.82 Å². The number of aryl methyl sites for hydroxylation is 1. The Morgan fingerprint density at radius 1 is 0.708 bits per heavy atom. The van der Waals surface area contributed by atoms with E-state index in [1.54, 1.807) is 0 Å². The number of hydrogen-bond donors (Lipinski definition) is 2. The van der Waals surface area contributed by atoms with E-state index in [0.29, 0.717) is 5.82 Å². The Hall–Kier alpha value is -1.26. The van der Waals surface area contributed by atoms with Crippen molar-refractivity contribution in [1.29, 1.82) is 0 Å². The Labute approximate surface area is 148 Å². The van der Waals surface area contributed by atoms with Crippen LogP contribution in [0.2, 0.25) is 0 Å². The highest BCUT2D eigenvalue weighted by Gasteiger charge is 2.06. The summed E-state index contributed by atoms with van der Waals surface area (Å²) in [5.41, 5.74) is 5.44. The molecule has 24 heavy (non-hydrogen) atoms. The molecule has 0 radical (unpaired) electrons. The average molecular weight is 339 g/mol. The fourth-order valence-electron chi connectivity index (χ4n) is 3.14. The Balaban J connectivity index is 1.77. The summed E-state index contributed by atoms with van der Waals surface area (Å²) in [5, 5.41) is 17.0. The van der Waals surface area contributed by atoms with Crippen molar-refractivity contribution in [3.8, 4) is 0 Å². The molecule has 140 valence electrons. The number of nitrogens with zero attached hydrogens (tertiary/aromatic N) is 3. The summed E-state index contributed by atoms with van der Waals surface area (Å²) in [6, 6.07) is 0. The highest BCUT2D eigenvalue weighted by Crippen LogP contribution is 2.14. The normalized spacial score (nSPS) is 11.2. The second-order valence-corrected chi connectivity index (χ2v) is 6.99. The first-order chi connectivity index (χ1) is 11.8. The summed E-state index contributed by atoms with van der Waals surface area (Å²) in [6.07, 6.45) is 21.1. The molecule has 3 N–H and O–H groups in total. The summed E-state index contributed by atoms with van der Waals surface area (Å²) in [7, 11) is 0. The lowest BCUT2D eigenvalue weighted by Gasteiger charge is -2.03. The van der Waals surface area contributed by atoms with Crippen molar-refractivity contribution in [2.45, 2.75) is 110 Å². The van der Waals surface area contributed by atoms with Gasteiger partial charge < -0.3 is 10.9 Å². The summed E-state index contributed by atoms with van der Waals surface area (Å²) in [6.45, 7) is 2.28. The maximum Gasteiger partial charge on any atom is 0.255 e. The van der Waals surface area contributed by atoms with Gasteiger partial charge in [-0.2, -0.15) is 0 Å². The van der Waals surface area contributed by atoms with Crippen LogP contribution in [0.3, 0.4) is 0 Å². The molecule has 0 aliphatic heterocycles. The monoisotopic (exact) mass is 338 g/mol. The SMILES string of the molecule is CCCCCCCCCCCCCCCCCc1nnc(N)n1O. The summed E-state index contributed by atoms with van der Waals surface area (Å²) in [5.74, 6) is 0.646. The summed E-state index contributed by atoms with van der Waals surface area (Å²) in [4.78, 5) is 0. The van der Waals surface area contributed by atoms with Crippen LogP contribution in [-0.4, -0.2) is 20.1 Å². The van der Waals surface area contributed by atoms with Crippen LogP contribution in [-0.2, 0) is 6.42 Å². The topological polar surface area (TPSA) is 77.0 Å². The minimum Gasteiger partial charge on any atom is -0.424 e. The minimum absolute atomic E-state index is 0.0750. The maximum absolute atomic E-state index is 9.52. The molecule has 1 rings (SSSR count). The van der Waals surface area contributed by atoms with Crippen molar-refractivity contribution >= 4 is 5.95 Å². The highest BCUT2D eigenvalue weighted by atomic mass is 16.5. The Bertz CT molecular complexity index is 406. The first kappa shape index (κ1) is 20.8. The number of hydrogen-bond acceptors (Lipinski definition) is 4. The van der Waals surface area contributed by atoms with Crippen LogP contribution in [0.4, 0.5) is 5.95 Å². The zero-order valence-electron chi connectivity index (χ0n) is 15.7. The van der Waals surface area contributed by atoms with Gasteiger partial charge in [0.05, 0.1) is 0 Å². The van der Waals surface area contributed by atoms with E-state index in [-0.39, 0.29) is 5.95 Å². The van der Waals surface area contributed by atoms with Gasteiger partial charge in [-0.05, 0) is 6.42 Å². The summed E-state index contributed by atoms with van der Waals surface area (Å²) >= 11 is 0. The number of unbranched alkanes of at least 4 members (excludes halogenated alkanes) is 14. The van der Waals surface area contributed by atoms with Crippen molar-refractivity contribution < 1.29 is 5.21 Å². The molecule has 0 saturated heterocycles. The number of anilines is 1. The molecular weight excluding hydrogens is 300 g/mol. The van der Waals surface area contributed by atoms with E-state index in [9.17, 15) is 5.21 Å². The van der Waals surface area contributed by atoms with E-state index in [4.69, 9.17) is 5.73 Å². The molecule has 0 saturated carbocycles. The molecular formula is C19H38N4O. The zero-order chi connectivity index (χ0) is 17.5. The lowest BCUT2D eigenvalue weighted by molar-refractivity contribution is 0.180. The van der Waals surface area contributed by atoms with Crippen molar-refractivity contribution in [1.82, 2.24) is 14.9 Å². The van der Waals surface area contributed by atoms with Gasteiger partial charge in [0.1, 0.15) is 0 Å². The van der Waals surface area contributed by atoms with Gasteiger partial charge in [-0.25, -0.2) is 0 Å². The van der Waals surface area contributed by atoms with Gasteiger partial charge >= 0.3 is 0 Å². The van der Waals surface area contributed by atoms with Crippen LogP contribution >= 0.6 is 0 Å². The van der Waals surface area contributed by atoms with Gasteiger partial charge in [-0.3, -0.25) is 0 Å². The van der Waals surface area contributed by atoms with E-state index in [2.05, 4.69) is 17.1 Å². The molecule has 5 heteroatoms. The molecule has 0 aliphatic carbocycles. The fourth-order valence-corrected chi connectivity index (χ4v) is 3.14. The molecule has 0 aromatic carbocycles. The molecule has 1 aromatic rings. The standard InChI is InChI=1S/C19H38N4O/c1-2-3-4-5-6-7-8-9-10-11-12-13-14-15-16-17-18-21-22-19(20)23(18)24/h24H,2-17H2,1H3,(H2,20,22). The number of nitrogens with two attached hydrogens (primary N) is 1. The molecule has 0 unspecified atom stereocenters. The third-order valence-electron chi connectivity index (χ3n) is 4.73. The third kappa shape index (κ3) is 9.78. The summed E-state index contributed by atoms with van der Waals surface area (Å²) < 4.78 is 0.893. The van der Waals surface area contributed by atoms with Crippen molar-refractivity contribution in [3.63, 3.8) is 0 Å². The van der Waals surface area contributed by atoms with Gasteiger partial charge in [0, 0.05) is 6.42 Å². The minimum atomic E-state index is 0.0750. The molecule has 0 atom stereocenters. The maximum atomic E-state index is 9.52. The van der Waals surface area contributed by atoms with E-state index in [0.717, 1.165) is 17.6 Å². The van der Waals surface area contributed by atoms with Gasteiger partial charge in [-0.1, -0.05) is 96.8 Å². The second kappa shape index (κ2) is 14.1.